The molecule has 1 N–H and O–H groups in total. The Hall–Kier alpha value is -0.970. The van der Waals surface area contributed by atoms with Crippen LogP contribution in [-0.2, 0) is 13.6 Å². The molecule has 0 saturated heterocycles. The van der Waals surface area contributed by atoms with Crippen molar-refractivity contribution in [2.75, 3.05) is 6.54 Å². The van der Waals surface area contributed by atoms with Crippen LogP contribution in [0.25, 0.3) is 0 Å². The van der Waals surface area contributed by atoms with Gasteiger partial charge in [0.25, 0.3) is 0 Å². The fraction of sp³-hybridized carbons (Fsp3) is 0.875. The van der Waals surface area contributed by atoms with E-state index in [1.165, 1.54) is 24.1 Å². The molecule has 5 heteroatoms. The van der Waals surface area contributed by atoms with E-state index >= 15 is 0 Å². The van der Waals surface area contributed by atoms with Crippen molar-refractivity contribution in [3.63, 3.8) is 0 Å². The van der Waals surface area contributed by atoms with Crippen molar-refractivity contribution in [1.29, 1.82) is 0 Å². The Morgan fingerprint density at radius 1 is 1.54 bits per heavy atom. The average Bonchev–Trinajstić information content (AvgIpc) is 2.42. The smallest absolute Gasteiger partial charge is 0.188 e. The van der Waals surface area contributed by atoms with E-state index in [4.69, 9.17) is 0 Å². The second kappa shape index (κ2) is 3.83. The summed E-state index contributed by atoms with van der Waals surface area (Å²) >= 11 is 0. The van der Waals surface area contributed by atoms with Gasteiger partial charge in [-0.15, -0.1) is 10.2 Å². The molecule has 1 aromatic rings. The van der Waals surface area contributed by atoms with Crippen LogP contribution in [0.15, 0.2) is 0 Å². The maximum absolute atomic E-state index is 4.08. The van der Waals surface area contributed by atoms with Crippen molar-refractivity contribution in [3.05, 3.63) is 5.82 Å². The van der Waals surface area contributed by atoms with Gasteiger partial charge in [0.1, 0.15) is 0 Å². The van der Waals surface area contributed by atoms with Crippen LogP contribution in [0.1, 0.15) is 25.1 Å². The van der Waals surface area contributed by atoms with Crippen molar-refractivity contribution in [2.45, 2.75) is 25.8 Å². The maximum Gasteiger partial charge on any atom is 0.188 e. The molecule has 1 heterocycles. The minimum atomic E-state index is 0.740. The molecule has 0 aliphatic heterocycles. The molecule has 13 heavy (non-hydrogen) atoms. The third-order valence-electron chi connectivity index (χ3n) is 2.49. The molecule has 0 bridgehead atoms. The number of rotatable bonds is 4. The Labute approximate surface area is 77.5 Å². The van der Waals surface area contributed by atoms with E-state index in [-0.39, 0.29) is 0 Å². The first-order valence-electron chi connectivity index (χ1n) is 4.78. The number of nitrogens with one attached hydrogen (secondary N) is 1. The largest absolute Gasteiger partial charge is 0.309 e. The van der Waals surface area contributed by atoms with Gasteiger partial charge in [0.15, 0.2) is 5.82 Å². The van der Waals surface area contributed by atoms with Crippen LogP contribution in [0, 0.1) is 5.92 Å². The van der Waals surface area contributed by atoms with Gasteiger partial charge in [-0.05, 0) is 30.5 Å². The molecule has 0 radical (unpaired) electrons. The summed E-state index contributed by atoms with van der Waals surface area (Å²) in [6.45, 7) is 1.84. The Balaban J connectivity index is 1.67. The molecule has 1 aliphatic carbocycles. The quantitative estimate of drug-likeness (QED) is 0.715. The van der Waals surface area contributed by atoms with E-state index in [0.717, 1.165) is 24.8 Å². The highest BCUT2D eigenvalue weighted by Gasteiger charge is 2.16. The van der Waals surface area contributed by atoms with Gasteiger partial charge < -0.3 is 5.32 Å². The third kappa shape index (κ3) is 2.24. The van der Waals surface area contributed by atoms with Crippen molar-refractivity contribution < 1.29 is 0 Å². The summed E-state index contributed by atoms with van der Waals surface area (Å²) in [6, 6.07) is 0. The molecule has 0 amide bonds. The van der Waals surface area contributed by atoms with E-state index in [9.17, 15) is 0 Å². The molecule has 5 nitrogen and oxygen atoms in total. The summed E-state index contributed by atoms with van der Waals surface area (Å²) in [5.41, 5.74) is 0. The van der Waals surface area contributed by atoms with E-state index in [1.807, 2.05) is 0 Å². The number of aryl methyl sites for hydroxylation is 1. The highest BCUT2D eigenvalue weighted by molar-refractivity contribution is 4.77. The molecule has 72 valence electrons. The standard InChI is InChI=1S/C8H15N5/c1-13-11-8(10-12-13)6-9-5-7-3-2-4-7/h7,9H,2-6H2,1H3. The molecule has 0 aromatic carbocycles. The SMILES string of the molecule is Cn1nnc(CNCC2CCC2)n1. The lowest BCUT2D eigenvalue weighted by Crippen LogP contribution is -2.27. The zero-order chi connectivity index (χ0) is 9.10. The normalized spacial score (nSPS) is 17.3. The molecule has 1 aliphatic rings. The Kier molecular flexibility index (Phi) is 2.54. The zero-order valence-electron chi connectivity index (χ0n) is 7.90. The van der Waals surface area contributed by atoms with Crippen LogP contribution < -0.4 is 5.32 Å². The number of hydrogen-bond acceptors (Lipinski definition) is 4. The minimum absolute atomic E-state index is 0.740. The summed E-state index contributed by atoms with van der Waals surface area (Å²) in [6.07, 6.45) is 4.15. The van der Waals surface area contributed by atoms with Crippen molar-refractivity contribution in [2.24, 2.45) is 13.0 Å². The van der Waals surface area contributed by atoms with E-state index in [2.05, 4.69) is 20.7 Å². The number of tetrazole rings is 1. The van der Waals surface area contributed by atoms with Crippen LogP contribution in [0.2, 0.25) is 0 Å². The van der Waals surface area contributed by atoms with E-state index in [1.54, 1.807) is 7.05 Å². The second-order valence-electron chi connectivity index (χ2n) is 3.62. The number of hydrogen-bond donors (Lipinski definition) is 1. The highest BCUT2D eigenvalue weighted by atomic mass is 15.6. The Morgan fingerprint density at radius 3 is 2.92 bits per heavy atom. The fourth-order valence-electron chi connectivity index (χ4n) is 1.48. The molecular weight excluding hydrogens is 166 g/mol. The van der Waals surface area contributed by atoms with Crippen LogP contribution in [0.5, 0.6) is 0 Å². The van der Waals surface area contributed by atoms with E-state index in [0.29, 0.717) is 0 Å². The van der Waals surface area contributed by atoms with Gasteiger partial charge in [0.2, 0.25) is 0 Å². The summed E-state index contributed by atoms with van der Waals surface area (Å²) < 4.78 is 0. The lowest BCUT2D eigenvalue weighted by atomic mass is 9.85. The first-order chi connectivity index (χ1) is 6.34. The highest BCUT2D eigenvalue weighted by Crippen LogP contribution is 2.25. The number of aromatic nitrogens is 4. The topological polar surface area (TPSA) is 55.6 Å². The first kappa shape index (κ1) is 8.62. The van der Waals surface area contributed by atoms with Gasteiger partial charge >= 0.3 is 0 Å². The first-order valence-corrected chi connectivity index (χ1v) is 4.78. The molecule has 0 atom stereocenters. The summed E-state index contributed by atoms with van der Waals surface area (Å²) in [4.78, 5) is 1.49. The van der Waals surface area contributed by atoms with Crippen LogP contribution in [-0.4, -0.2) is 26.8 Å². The molecular formula is C8H15N5. The fourth-order valence-corrected chi connectivity index (χ4v) is 1.48. The van der Waals surface area contributed by atoms with Crippen LogP contribution in [0.4, 0.5) is 0 Å². The van der Waals surface area contributed by atoms with Gasteiger partial charge in [-0.3, -0.25) is 0 Å². The monoisotopic (exact) mass is 181 g/mol. The zero-order valence-corrected chi connectivity index (χ0v) is 7.90. The van der Waals surface area contributed by atoms with Gasteiger partial charge in [-0.2, -0.15) is 4.80 Å². The number of nitrogens with zero attached hydrogens (tertiary/aromatic N) is 4. The van der Waals surface area contributed by atoms with Crippen molar-refractivity contribution >= 4 is 0 Å². The minimum Gasteiger partial charge on any atom is -0.309 e. The molecule has 1 saturated carbocycles. The van der Waals surface area contributed by atoms with Crippen molar-refractivity contribution in [3.8, 4) is 0 Å². The van der Waals surface area contributed by atoms with Gasteiger partial charge in [0.05, 0.1) is 13.6 Å². The molecule has 2 rings (SSSR count). The molecule has 0 unspecified atom stereocenters. The van der Waals surface area contributed by atoms with E-state index < -0.39 is 0 Å². The molecule has 0 spiro atoms. The average molecular weight is 181 g/mol. The lowest BCUT2D eigenvalue weighted by Gasteiger charge is -2.25. The summed E-state index contributed by atoms with van der Waals surface area (Å²) in [5.74, 6) is 1.67. The lowest BCUT2D eigenvalue weighted by molar-refractivity contribution is 0.300. The van der Waals surface area contributed by atoms with Crippen LogP contribution in [0.3, 0.4) is 0 Å². The third-order valence-corrected chi connectivity index (χ3v) is 2.49. The van der Waals surface area contributed by atoms with Gasteiger partial charge in [-0.1, -0.05) is 6.42 Å². The van der Waals surface area contributed by atoms with Gasteiger partial charge in [0, 0.05) is 0 Å². The second-order valence-corrected chi connectivity index (χ2v) is 3.62. The maximum atomic E-state index is 4.08. The Morgan fingerprint density at radius 2 is 2.38 bits per heavy atom. The predicted molar refractivity (Wildman–Crippen MR) is 47.8 cm³/mol. The van der Waals surface area contributed by atoms with Crippen molar-refractivity contribution in [1.82, 2.24) is 25.5 Å². The van der Waals surface area contributed by atoms with Gasteiger partial charge in [-0.25, -0.2) is 0 Å². The van der Waals surface area contributed by atoms with Crippen LogP contribution >= 0.6 is 0 Å². The summed E-state index contributed by atoms with van der Waals surface area (Å²) in [7, 11) is 1.78. The predicted octanol–water partition coefficient (Wildman–Crippen LogP) is 0.0998. The Bertz CT molecular complexity index is 265. The molecule has 1 aromatic heterocycles. The summed E-state index contributed by atoms with van der Waals surface area (Å²) in [5, 5.41) is 15.1. The molecule has 1 fully saturated rings.